The topological polar surface area (TPSA) is 33.1 Å². The molecule has 0 unspecified atom stereocenters. The maximum Gasteiger partial charge on any atom is 0.109 e. The number of imidazole rings is 1. The SMILES string of the molecule is CCCc1nc2c(n1CCCN(C)C)CCNC2. The van der Waals surface area contributed by atoms with E-state index in [0.29, 0.717) is 0 Å². The summed E-state index contributed by atoms with van der Waals surface area (Å²) in [6.07, 6.45) is 4.62. The van der Waals surface area contributed by atoms with Gasteiger partial charge >= 0.3 is 0 Å². The van der Waals surface area contributed by atoms with E-state index in [2.05, 4.69) is 35.8 Å². The molecule has 0 spiro atoms. The number of nitrogens with zero attached hydrogens (tertiary/aromatic N) is 3. The van der Waals surface area contributed by atoms with Crippen molar-refractivity contribution in [3.8, 4) is 0 Å². The van der Waals surface area contributed by atoms with Gasteiger partial charge in [0.25, 0.3) is 0 Å². The van der Waals surface area contributed by atoms with Crippen molar-refractivity contribution in [2.75, 3.05) is 27.2 Å². The molecular weight excluding hydrogens is 224 g/mol. The first-order chi connectivity index (χ1) is 8.72. The fourth-order valence-corrected chi connectivity index (χ4v) is 2.65. The van der Waals surface area contributed by atoms with Gasteiger partial charge in [0.15, 0.2) is 0 Å². The smallest absolute Gasteiger partial charge is 0.109 e. The second-order valence-corrected chi connectivity index (χ2v) is 5.41. The lowest BCUT2D eigenvalue weighted by Gasteiger charge is -2.17. The summed E-state index contributed by atoms with van der Waals surface area (Å²) in [7, 11) is 4.28. The van der Waals surface area contributed by atoms with Gasteiger partial charge in [-0.05, 0) is 33.5 Å². The predicted octanol–water partition coefficient (Wildman–Crippen LogP) is 1.43. The standard InChI is InChI=1S/C14H26N4/c1-4-6-14-16-12-11-15-8-7-13(12)18(14)10-5-9-17(2)3/h15H,4-11H2,1-3H3. The molecule has 0 fully saturated rings. The number of hydrogen-bond donors (Lipinski definition) is 1. The summed E-state index contributed by atoms with van der Waals surface area (Å²) in [4.78, 5) is 7.08. The molecule has 4 heteroatoms. The Kier molecular flexibility index (Phi) is 4.78. The monoisotopic (exact) mass is 250 g/mol. The van der Waals surface area contributed by atoms with E-state index in [0.717, 1.165) is 39.0 Å². The van der Waals surface area contributed by atoms with Gasteiger partial charge in [0.05, 0.1) is 5.69 Å². The van der Waals surface area contributed by atoms with Gasteiger partial charge in [0.2, 0.25) is 0 Å². The Morgan fingerprint density at radius 1 is 1.39 bits per heavy atom. The van der Waals surface area contributed by atoms with Crippen LogP contribution in [0.1, 0.15) is 37.0 Å². The Hall–Kier alpha value is -0.870. The maximum absolute atomic E-state index is 4.83. The molecule has 102 valence electrons. The molecule has 0 amide bonds. The molecule has 1 aliphatic rings. The summed E-state index contributed by atoms with van der Waals surface area (Å²) in [6, 6.07) is 0. The quantitative estimate of drug-likeness (QED) is 0.829. The van der Waals surface area contributed by atoms with Crippen molar-refractivity contribution in [1.82, 2.24) is 19.8 Å². The van der Waals surface area contributed by atoms with Crippen LogP contribution in [0.4, 0.5) is 0 Å². The highest BCUT2D eigenvalue weighted by Crippen LogP contribution is 2.17. The number of nitrogens with one attached hydrogen (secondary N) is 1. The highest BCUT2D eigenvalue weighted by molar-refractivity contribution is 5.20. The number of aryl methyl sites for hydroxylation is 1. The average Bonchev–Trinajstić information content (AvgIpc) is 2.68. The lowest BCUT2D eigenvalue weighted by Crippen LogP contribution is -2.25. The molecule has 4 nitrogen and oxygen atoms in total. The number of aromatic nitrogens is 2. The number of fused-ring (bicyclic) bond motifs is 1. The normalized spacial score (nSPS) is 15.1. The van der Waals surface area contributed by atoms with Crippen LogP contribution in [-0.2, 0) is 25.9 Å². The largest absolute Gasteiger partial charge is 0.332 e. The van der Waals surface area contributed by atoms with Crippen molar-refractivity contribution in [2.24, 2.45) is 0 Å². The van der Waals surface area contributed by atoms with E-state index in [1.165, 1.54) is 30.1 Å². The zero-order chi connectivity index (χ0) is 13.0. The molecule has 0 bridgehead atoms. The van der Waals surface area contributed by atoms with Crippen molar-refractivity contribution in [3.05, 3.63) is 17.2 Å². The van der Waals surface area contributed by atoms with E-state index in [9.17, 15) is 0 Å². The van der Waals surface area contributed by atoms with Crippen LogP contribution >= 0.6 is 0 Å². The summed E-state index contributed by atoms with van der Waals surface area (Å²) in [5.74, 6) is 1.30. The van der Waals surface area contributed by atoms with Crippen LogP contribution < -0.4 is 5.32 Å². The van der Waals surface area contributed by atoms with E-state index in [4.69, 9.17) is 4.98 Å². The van der Waals surface area contributed by atoms with E-state index < -0.39 is 0 Å². The zero-order valence-corrected chi connectivity index (χ0v) is 12.0. The van der Waals surface area contributed by atoms with Crippen LogP contribution in [0, 0.1) is 0 Å². The Morgan fingerprint density at radius 3 is 2.94 bits per heavy atom. The highest BCUT2D eigenvalue weighted by atomic mass is 15.1. The molecule has 1 aromatic rings. The summed E-state index contributed by atoms with van der Waals surface area (Å²) < 4.78 is 2.49. The molecule has 18 heavy (non-hydrogen) atoms. The van der Waals surface area contributed by atoms with Crippen LogP contribution in [0.5, 0.6) is 0 Å². The van der Waals surface area contributed by atoms with Gasteiger partial charge in [-0.1, -0.05) is 6.92 Å². The summed E-state index contributed by atoms with van der Waals surface area (Å²) in [6.45, 7) is 6.55. The van der Waals surface area contributed by atoms with Gasteiger partial charge in [-0.2, -0.15) is 0 Å². The third-order valence-electron chi connectivity index (χ3n) is 3.53. The molecular formula is C14H26N4. The Morgan fingerprint density at radius 2 is 2.22 bits per heavy atom. The van der Waals surface area contributed by atoms with Gasteiger partial charge in [0.1, 0.15) is 5.82 Å². The summed E-state index contributed by atoms with van der Waals surface area (Å²) >= 11 is 0. The van der Waals surface area contributed by atoms with Crippen LogP contribution in [0.3, 0.4) is 0 Å². The van der Waals surface area contributed by atoms with E-state index in [1.54, 1.807) is 0 Å². The van der Waals surface area contributed by atoms with Crippen LogP contribution in [-0.4, -0.2) is 41.6 Å². The minimum atomic E-state index is 0.951. The Labute approximate surface area is 110 Å². The molecule has 2 heterocycles. The van der Waals surface area contributed by atoms with Crippen LogP contribution in [0.15, 0.2) is 0 Å². The number of rotatable bonds is 6. The molecule has 0 radical (unpaired) electrons. The third-order valence-corrected chi connectivity index (χ3v) is 3.53. The van der Waals surface area contributed by atoms with Crippen molar-refractivity contribution in [1.29, 1.82) is 0 Å². The second-order valence-electron chi connectivity index (χ2n) is 5.41. The number of hydrogen-bond acceptors (Lipinski definition) is 3. The van der Waals surface area contributed by atoms with Crippen LogP contribution in [0.25, 0.3) is 0 Å². The van der Waals surface area contributed by atoms with Gasteiger partial charge in [-0.3, -0.25) is 0 Å². The van der Waals surface area contributed by atoms with Crippen LogP contribution in [0.2, 0.25) is 0 Å². The molecule has 0 aromatic carbocycles. The first kappa shape index (κ1) is 13.6. The van der Waals surface area contributed by atoms with E-state index >= 15 is 0 Å². The molecule has 1 aliphatic heterocycles. The van der Waals surface area contributed by atoms with Crippen molar-refractivity contribution < 1.29 is 0 Å². The lowest BCUT2D eigenvalue weighted by molar-refractivity contribution is 0.382. The Balaban J connectivity index is 2.11. The molecule has 0 saturated carbocycles. The zero-order valence-electron chi connectivity index (χ0n) is 12.0. The minimum Gasteiger partial charge on any atom is -0.332 e. The van der Waals surface area contributed by atoms with E-state index in [-0.39, 0.29) is 0 Å². The lowest BCUT2D eigenvalue weighted by atomic mass is 10.2. The fourth-order valence-electron chi connectivity index (χ4n) is 2.65. The fraction of sp³-hybridized carbons (Fsp3) is 0.786. The molecule has 0 saturated heterocycles. The first-order valence-electron chi connectivity index (χ1n) is 7.15. The average molecular weight is 250 g/mol. The molecule has 0 atom stereocenters. The predicted molar refractivity (Wildman–Crippen MR) is 74.8 cm³/mol. The van der Waals surface area contributed by atoms with Gasteiger partial charge < -0.3 is 14.8 Å². The third kappa shape index (κ3) is 3.12. The van der Waals surface area contributed by atoms with Crippen molar-refractivity contribution >= 4 is 0 Å². The Bertz CT molecular complexity index is 381. The highest BCUT2D eigenvalue weighted by Gasteiger charge is 2.18. The van der Waals surface area contributed by atoms with Gasteiger partial charge in [-0.25, -0.2) is 4.98 Å². The van der Waals surface area contributed by atoms with Gasteiger partial charge in [0, 0.05) is 38.2 Å². The van der Waals surface area contributed by atoms with E-state index in [1.807, 2.05) is 0 Å². The molecule has 2 rings (SSSR count). The van der Waals surface area contributed by atoms with Crippen molar-refractivity contribution in [2.45, 2.75) is 45.7 Å². The summed E-state index contributed by atoms with van der Waals surface area (Å²) in [5.41, 5.74) is 2.77. The molecule has 0 aliphatic carbocycles. The second kappa shape index (κ2) is 6.34. The summed E-state index contributed by atoms with van der Waals surface area (Å²) in [5, 5.41) is 3.41. The first-order valence-corrected chi connectivity index (χ1v) is 7.15. The van der Waals surface area contributed by atoms with Gasteiger partial charge in [-0.15, -0.1) is 0 Å². The van der Waals surface area contributed by atoms with Crippen molar-refractivity contribution in [3.63, 3.8) is 0 Å². The maximum atomic E-state index is 4.83. The minimum absolute atomic E-state index is 0.951. The molecule has 1 N–H and O–H groups in total. The molecule has 1 aromatic heterocycles.